The molecule has 2 amide bonds. The van der Waals surface area contributed by atoms with Gasteiger partial charge in [0.25, 0.3) is 0 Å². The van der Waals surface area contributed by atoms with Crippen LogP contribution < -0.4 is 5.32 Å². The lowest BCUT2D eigenvalue weighted by molar-refractivity contribution is -0.138. The molecule has 8 heteroatoms. The Bertz CT molecular complexity index is 645. The van der Waals surface area contributed by atoms with Crippen molar-refractivity contribution in [3.8, 4) is 0 Å². The summed E-state index contributed by atoms with van der Waals surface area (Å²) in [5.74, 6) is -1.20. The number of likely N-dealkylation sites (tertiary alicyclic amines) is 1. The van der Waals surface area contributed by atoms with Crippen molar-refractivity contribution in [2.75, 3.05) is 24.2 Å². The molecular weight excluding hydrogens is 359 g/mol. The number of hydrogen-bond donors (Lipinski definition) is 2. The number of hydrogen-bond acceptors (Lipinski definition) is 4. The summed E-state index contributed by atoms with van der Waals surface area (Å²) in [6.07, 6.45) is 1.54. The predicted molar refractivity (Wildman–Crippen MR) is 98.5 cm³/mol. The van der Waals surface area contributed by atoms with Crippen LogP contribution in [-0.2, 0) is 14.4 Å². The number of thioether (sulfide) groups is 1. The van der Waals surface area contributed by atoms with Gasteiger partial charge in [-0.15, -0.1) is 11.8 Å². The van der Waals surface area contributed by atoms with Crippen molar-refractivity contribution in [3.05, 3.63) is 30.1 Å². The molecule has 1 heterocycles. The van der Waals surface area contributed by atoms with Gasteiger partial charge in [0.1, 0.15) is 5.82 Å². The van der Waals surface area contributed by atoms with Crippen molar-refractivity contribution in [1.29, 1.82) is 0 Å². The quantitative estimate of drug-likeness (QED) is 0.757. The minimum absolute atomic E-state index is 0.0293. The summed E-state index contributed by atoms with van der Waals surface area (Å²) in [5, 5.41) is 11.1. The Labute approximate surface area is 156 Å². The van der Waals surface area contributed by atoms with Crippen LogP contribution in [0.5, 0.6) is 0 Å². The Hall–Kier alpha value is -2.09. The zero-order valence-corrected chi connectivity index (χ0v) is 15.4. The second kappa shape index (κ2) is 9.56. The molecule has 1 saturated heterocycles. The fourth-order valence-electron chi connectivity index (χ4n) is 2.86. The Kier molecular flexibility index (Phi) is 7.44. The topological polar surface area (TPSA) is 86.7 Å². The molecule has 26 heavy (non-hydrogen) atoms. The van der Waals surface area contributed by atoms with Crippen LogP contribution in [0.25, 0.3) is 0 Å². The Morgan fingerprint density at radius 3 is 2.46 bits per heavy atom. The molecule has 1 aliphatic heterocycles. The monoisotopic (exact) mass is 382 g/mol. The van der Waals surface area contributed by atoms with Crippen LogP contribution in [0.2, 0.25) is 0 Å². The number of carbonyl (C=O) groups is 3. The van der Waals surface area contributed by atoms with Crippen LogP contribution in [-0.4, -0.2) is 51.9 Å². The molecule has 0 aliphatic carbocycles. The van der Waals surface area contributed by atoms with Crippen LogP contribution in [0.4, 0.5) is 10.1 Å². The van der Waals surface area contributed by atoms with Gasteiger partial charge in [-0.05, 0) is 49.9 Å². The maximum atomic E-state index is 12.8. The number of benzene rings is 1. The fraction of sp³-hybridized carbons (Fsp3) is 0.500. The number of aliphatic carboxylic acids is 1. The van der Waals surface area contributed by atoms with Crippen molar-refractivity contribution < 1.29 is 23.9 Å². The van der Waals surface area contributed by atoms with Gasteiger partial charge < -0.3 is 15.3 Å². The molecule has 0 aromatic heterocycles. The van der Waals surface area contributed by atoms with Gasteiger partial charge >= 0.3 is 5.97 Å². The maximum Gasteiger partial charge on any atom is 0.303 e. The number of carboxylic acids is 1. The summed E-state index contributed by atoms with van der Waals surface area (Å²) >= 11 is 1.25. The maximum absolute atomic E-state index is 12.8. The first-order chi connectivity index (χ1) is 12.3. The van der Waals surface area contributed by atoms with Gasteiger partial charge in [0.2, 0.25) is 11.8 Å². The lowest BCUT2D eigenvalue weighted by Gasteiger charge is -2.32. The van der Waals surface area contributed by atoms with Crippen molar-refractivity contribution >= 4 is 35.2 Å². The summed E-state index contributed by atoms with van der Waals surface area (Å²) in [6.45, 7) is 2.88. The van der Waals surface area contributed by atoms with Gasteiger partial charge in [-0.2, -0.15) is 0 Å². The summed E-state index contributed by atoms with van der Waals surface area (Å²) in [5.41, 5.74) is 0.511. The van der Waals surface area contributed by atoms with E-state index in [9.17, 15) is 18.8 Å². The van der Waals surface area contributed by atoms with Crippen LogP contribution in [0.3, 0.4) is 0 Å². The summed E-state index contributed by atoms with van der Waals surface area (Å²) < 4.78 is 12.8. The van der Waals surface area contributed by atoms with Crippen molar-refractivity contribution in [3.63, 3.8) is 0 Å². The number of carbonyl (C=O) groups excluding carboxylic acids is 2. The van der Waals surface area contributed by atoms with Gasteiger partial charge in [-0.1, -0.05) is 0 Å². The molecule has 0 spiro atoms. The number of nitrogens with zero attached hydrogens (tertiary/aromatic N) is 1. The van der Waals surface area contributed by atoms with E-state index >= 15 is 0 Å². The smallest absolute Gasteiger partial charge is 0.303 e. The zero-order chi connectivity index (χ0) is 19.1. The van der Waals surface area contributed by atoms with Gasteiger partial charge in [-0.25, -0.2) is 4.39 Å². The van der Waals surface area contributed by atoms with E-state index in [4.69, 9.17) is 5.11 Å². The fourth-order valence-corrected chi connectivity index (χ4v) is 3.63. The highest BCUT2D eigenvalue weighted by Crippen LogP contribution is 2.23. The summed E-state index contributed by atoms with van der Waals surface area (Å²) in [6, 6.07) is 5.49. The second-order valence-corrected chi connectivity index (χ2v) is 7.70. The highest BCUT2D eigenvalue weighted by atomic mass is 32.2. The largest absolute Gasteiger partial charge is 0.481 e. The van der Waals surface area contributed by atoms with E-state index in [1.54, 1.807) is 11.8 Å². The van der Waals surface area contributed by atoms with E-state index in [2.05, 4.69) is 5.32 Å². The predicted octanol–water partition coefficient (Wildman–Crippen LogP) is 2.60. The molecule has 1 aromatic carbocycles. The number of anilines is 1. The highest BCUT2D eigenvalue weighted by Gasteiger charge is 2.27. The highest BCUT2D eigenvalue weighted by molar-refractivity contribution is 8.01. The molecule has 1 aromatic rings. The molecule has 0 saturated carbocycles. The zero-order valence-electron chi connectivity index (χ0n) is 14.6. The minimum atomic E-state index is -0.800. The Balaban J connectivity index is 1.72. The summed E-state index contributed by atoms with van der Waals surface area (Å²) in [4.78, 5) is 36.9. The number of piperidine rings is 1. The van der Waals surface area contributed by atoms with Crippen LogP contribution in [0.1, 0.15) is 26.2 Å². The number of halogens is 1. The van der Waals surface area contributed by atoms with Crippen LogP contribution in [0.15, 0.2) is 24.3 Å². The van der Waals surface area contributed by atoms with Gasteiger partial charge in [-0.3, -0.25) is 14.4 Å². The number of rotatable bonds is 7. The lowest BCUT2D eigenvalue weighted by Crippen LogP contribution is -2.42. The third-order valence-electron chi connectivity index (χ3n) is 4.33. The molecule has 2 N–H and O–H groups in total. The SMILES string of the molecule is CC(SCC(=O)Nc1ccc(F)cc1)C(=O)N1CCC(CC(=O)O)CC1. The van der Waals surface area contributed by atoms with E-state index in [0.29, 0.717) is 31.6 Å². The minimum Gasteiger partial charge on any atom is -0.481 e. The third kappa shape index (κ3) is 6.33. The molecule has 1 aliphatic rings. The average Bonchev–Trinajstić information content (AvgIpc) is 2.61. The molecule has 142 valence electrons. The second-order valence-electron chi connectivity index (χ2n) is 6.37. The Morgan fingerprint density at radius 1 is 1.27 bits per heavy atom. The van der Waals surface area contributed by atoms with Gasteiger partial charge in [0.15, 0.2) is 0 Å². The van der Waals surface area contributed by atoms with E-state index in [0.717, 1.165) is 0 Å². The number of carboxylic acid groups (broad SMARTS) is 1. The van der Waals surface area contributed by atoms with E-state index in [1.165, 1.54) is 36.0 Å². The molecular formula is C18H23FN2O4S. The molecule has 2 rings (SSSR count). The van der Waals surface area contributed by atoms with Gasteiger partial charge in [0, 0.05) is 25.2 Å². The first-order valence-corrected chi connectivity index (χ1v) is 9.57. The van der Waals surface area contributed by atoms with Crippen molar-refractivity contribution in [2.24, 2.45) is 5.92 Å². The first kappa shape index (κ1) is 20.2. The normalized spacial score (nSPS) is 16.2. The first-order valence-electron chi connectivity index (χ1n) is 8.52. The molecule has 1 atom stereocenters. The van der Waals surface area contributed by atoms with Crippen LogP contribution in [0, 0.1) is 11.7 Å². The van der Waals surface area contributed by atoms with Gasteiger partial charge in [0.05, 0.1) is 11.0 Å². The average molecular weight is 382 g/mol. The molecule has 0 radical (unpaired) electrons. The lowest BCUT2D eigenvalue weighted by atomic mass is 9.93. The molecule has 1 unspecified atom stereocenters. The molecule has 6 nitrogen and oxygen atoms in total. The van der Waals surface area contributed by atoms with Crippen molar-refractivity contribution in [2.45, 2.75) is 31.4 Å². The number of nitrogens with one attached hydrogen (secondary N) is 1. The van der Waals surface area contributed by atoms with Crippen LogP contribution >= 0.6 is 11.8 Å². The Morgan fingerprint density at radius 2 is 1.88 bits per heavy atom. The number of amides is 2. The summed E-state index contributed by atoms with van der Waals surface area (Å²) in [7, 11) is 0. The molecule has 0 bridgehead atoms. The molecule has 1 fully saturated rings. The third-order valence-corrected chi connectivity index (χ3v) is 5.46. The van der Waals surface area contributed by atoms with E-state index in [-0.39, 0.29) is 41.0 Å². The van der Waals surface area contributed by atoms with E-state index < -0.39 is 5.97 Å². The standard InChI is InChI=1S/C18H23FN2O4S/c1-12(18(25)21-8-6-13(7-9-21)10-17(23)24)26-11-16(22)20-15-4-2-14(19)3-5-15/h2-5,12-13H,6-11H2,1H3,(H,20,22)(H,23,24). The van der Waals surface area contributed by atoms with Crippen molar-refractivity contribution in [1.82, 2.24) is 4.90 Å². The van der Waals surface area contributed by atoms with E-state index in [1.807, 2.05) is 0 Å².